The minimum atomic E-state index is 0.729. The summed E-state index contributed by atoms with van der Waals surface area (Å²) in [6, 6.07) is 1.52. The van der Waals surface area contributed by atoms with Gasteiger partial charge in [-0.25, -0.2) is 0 Å². The number of hydrogen-bond donors (Lipinski definition) is 1. The van der Waals surface area contributed by atoms with Crippen LogP contribution in [0.3, 0.4) is 0 Å². The number of nitrogens with zero attached hydrogens (tertiary/aromatic N) is 1. The molecule has 5 unspecified atom stereocenters. The molecule has 0 aromatic heterocycles. The molecule has 100 valence electrons. The van der Waals surface area contributed by atoms with Crippen molar-refractivity contribution in [1.82, 2.24) is 10.2 Å². The van der Waals surface area contributed by atoms with Crippen LogP contribution in [0.5, 0.6) is 0 Å². The molecule has 1 heterocycles. The SMILES string of the molecule is CNC1CCC(C)CC1N1CCC(C)C(C)C1. The maximum Gasteiger partial charge on any atom is 0.0251 e. The normalized spacial score (nSPS) is 44.8. The van der Waals surface area contributed by atoms with Crippen molar-refractivity contribution in [2.45, 2.75) is 58.5 Å². The van der Waals surface area contributed by atoms with Crippen LogP contribution in [-0.4, -0.2) is 37.1 Å². The largest absolute Gasteiger partial charge is 0.315 e. The molecule has 0 spiro atoms. The number of likely N-dealkylation sites (N-methyl/N-ethyl adjacent to an activating group) is 1. The second-order valence-corrected chi connectivity index (χ2v) is 6.62. The number of nitrogens with one attached hydrogen (secondary N) is 1. The quantitative estimate of drug-likeness (QED) is 0.796. The summed E-state index contributed by atoms with van der Waals surface area (Å²) in [6.07, 6.45) is 5.56. The molecule has 1 aliphatic heterocycles. The molecule has 0 bridgehead atoms. The van der Waals surface area contributed by atoms with Crippen LogP contribution in [0.2, 0.25) is 0 Å². The average Bonchev–Trinajstić information content (AvgIpc) is 2.32. The first-order chi connectivity index (χ1) is 8.11. The van der Waals surface area contributed by atoms with Crippen molar-refractivity contribution >= 4 is 0 Å². The average molecular weight is 238 g/mol. The highest BCUT2D eigenvalue weighted by Crippen LogP contribution is 2.32. The minimum absolute atomic E-state index is 0.729. The molecule has 0 radical (unpaired) electrons. The smallest absolute Gasteiger partial charge is 0.0251 e. The van der Waals surface area contributed by atoms with E-state index in [-0.39, 0.29) is 0 Å². The van der Waals surface area contributed by atoms with Crippen molar-refractivity contribution in [3.8, 4) is 0 Å². The molecule has 2 nitrogen and oxygen atoms in total. The van der Waals surface area contributed by atoms with E-state index < -0.39 is 0 Å². The van der Waals surface area contributed by atoms with Gasteiger partial charge in [0.05, 0.1) is 0 Å². The van der Waals surface area contributed by atoms with Gasteiger partial charge in [0.1, 0.15) is 0 Å². The molecule has 2 heteroatoms. The van der Waals surface area contributed by atoms with E-state index in [4.69, 9.17) is 0 Å². The third-order valence-corrected chi connectivity index (χ3v) is 5.28. The minimum Gasteiger partial charge on any atom is -0.315 e. The van der Waals surface area contributed by atoms with E-state index in [2.05, 4.69) is 38.0 Å². The summed E-state index contributed by atoms with van der Waals surface area (Å²) in [6.45, 7) is 9.91. The lowest BCUT2D eigenvalue weighted by Gasteiger charge is -2.46. The van der Waals surface area contributed by atoms with Crippen molar-refractivity contribution in [3.63, 3.8) is 0 Å². The van der Waals surface area contributed by atoms with Crippen LogP contribution in [0.1, 0.15) is 46.5 Å². The maximum absolute atomic E-state index is 3.56. The third-order valence-electron chi connectivity index (χ3n) is 5.28. The van der Waals surface area contributed by atoms with Crippen LogP contribution in [0.25, 0.3) is 0 Å². The fourth-order valence-electron chi connectivity index (χ4n) is 3.69. The van der Waals surface area contributed by atoms with Gasteiger partial charge in [-0.2, -0.15) is 0 Å². The van der Waals surface area contributed by atoms with Gasteiger partial charge in [-0.15, -0.1) is 0 Å². The third kappa shape index (κ3) is 3.03. The first kappa shape index (κ1) is 13.4. The van der Waals surface area contributed by atoms with Gasteiger partial charge in [0, 0.05) is 18.6 Å². The van der Waals surface area contributed by atoms with Crippen molar-refractivity contribution in [3.05, 3.63) is 0 Å². The molecule has 2 aliphatic rings. The Morgan fingerprint density at radius 2 is 1.76 bits per heavy atom. The van der Waals surface area contributed by atoms with E-state index >= 15 is 0 Å². The molecule has 1 saturated carbocycles. The molecule has 17 heavy (non-hydrogen) atoms. The highest BCUT2D eigenvalue weighted by atomic mass is 15.2. The summed E-state index contributed by atoms with van der Waals surface area (Å²) in [5, 5.41) is 3.56. The second kappa shape index (κ2) is 5.71. The van der Waals surface area contributed by atoms with Crippen LogP contribution in [0, 0.1) is 17.8 Å². The second-order valence-electron chi connectivity index (χ2n) is 6.62. The van der Waals surface area contributed by atoms with E-state index in [0.29, 0.717) is 0 Å². The Morgan fingerprint density at radius 3 is 2.41 bits per heavy atom. The molecule has 1 saturated heterocycles. The summed E-state index contributed by atoms with van der Waals surface area (Å²) in [5.41, 5.74) is 0. The fraction of sp³-hybridized carbons (Fsp3) is 1.00. The zero-order valence-corrected chi connectivity index (χ0v) is 12.1. The van der Waals surface area contributed by atoms with Crippen molar-refractivity contribution in [1.29, 1.82) is 0 Å². The zero-order chi connectivity index (χ0) is 12.4. The summed E-state index contributed by atoms with van der Waals surface area (Å²) >= 11 is 0. The molecule has 0 amide bonds. The summed E-state index contributed by atoms with van der Waals surface area (Å²) in [7, 11) is 2.14. The lowest BCUT2D eigenvalue weighted by atomic mass is 9.80. The Labute approximate surface area is 107 Å². The first-order valence-corrected chi connectivity index (χ1v) is 7.53. The van der Waals surface area contributed by atoms with Crippen LogP contribution in [-0.2, 0) is 0 Å². The van der Waals surface area contributed by atoms with Gasteiger partial charge >= 0.3 is 0 Å². The van der Waals surface area contributed by atoms with Gasteiger partial charge in [-0.1, -0.05) is 20.8 Å². The zero-order valence-electron chi connectivity index (χ0n) is 12.1. The topological polar surface area (TPSA) is 15.3 Å². The van der Waals surface area contributed by atoms with Crippen LogP contribution < -0.4 is 5.32 Å². The van der Waals surface area contributed by atoms with E-state index in [0.717, 1.165) is 29.8 Å². The van der Waals surface area contributed by atoms with Crippen LogP contribution in [0.4, 0.5) is 0 Å². The molecule has 2 fully saturated rings. The number of rotatable bonds is 2. The Hall–Kier alpha value is -0.0800. The van der Waals surface area contributed by atoms with Gasteiger partial charge < -0.3 is 5.32 Å². The molecule has 2 rings (SSSR count). The first-order valence-electron chi connectivity index (χ1n) is 7.53. The van der Waals surface area contributed by atoms with Crippen molar-refractivity contribution in [2.24, 2.45) is 17.8 Å². The predicted octanol–water partition coefficient (Wildman–Crippen LogP) is 2.74. The highest BCUT2D eigenvalue weighted by Gasteiger charge is 2.35. The van der Waals surface area contributed by atoms with Gasteiger partial charge in [-0.05, 0) is 57.0 Å². The monoisotopic (exact) mass is 238 g/mol. The molecular weight excluding hydrogens is 208 g/mol. The Morgan fingerprint density at radius 1 is 1.00 bits per heavy atom. The summed E-state index contributed by atoms with van der Waals surface area (Å²) in [5.74, 6) is 2.71. The number of piperidine rings is 1. The van der Waals surface area contributed by atoms with Crippen LogP contribution in [0.15, 0.2) is 0 Å². The maximum atomic E-state index is 3.56. The summed E-state index contributed by atoms with van der Waals surface area (Å²) < 4.78 is 0. The molecule has 1 N–H and O–H groups in total. The van der Waals surface area contributed by atoms with Crippen molar-refractivity contribution in [2.75, 3.05) is 20.1 Å². The lowest BCUT2D eigenvalue weighted by molar-refractivity contribution is 0.0480. The molecule has 1 aliphatic carbocycles. The lowest BCUT2D eigenvalue weighted by Crippen LogP contribution is -2.55. The van der Waals surface area contributed by atoms with E-state index in [9.17, 15) is 0 Å². The van der Waals surface area contributed by atoms with Crippen molar-refractivity contribution < 1.29 is 0 Å². The molecule has 5 atom stereocenters. The Kier molecular flexibility index (Phi) is 4.48. The number of hydrogen-bond acceptors (Lipinski definition) is 2. The molecule has 0 aromatic rings. The van der Waals surface area contributed by atoms with Gasteiger partial charge in [0.2, 0.25) is 0 Å². The predicted molar refractivity (Wildman–Crippen MR) is 74.2 cm³/mol. The highest BCUT2D eigenvalue weighted by molar-refractivity contribution is 4.92. The van der Waals surface area contributed by atoms with Gasteiger partial charge in [-0.3, -0.25) is 4.90 Å². The molecule has 0 aromatic carbocycles. The standard InChI is InChI=1S/C15H30N2/c1-11-5-6-14(16-4)15(9-11)17-8-7-12(2)13(3)10-17/h11-16H,5-10H2,1-4H3. The Balaban J connectivity index is 1.98. The van der Waals surface area contributed by atoms with Crippen LogP contribution >= 0.6 is 0 Å². The fourth-order valence-corrected chi connectivity index (χ4v) is 3.69. The van der Waals surface area contributed by atoms with E-state index in [1.807, 2.05) is 0 Å². The number of likely N-dealkylation sites (tertiary alicyclic amines) is 1. The Bertz CT molecular complexity index is 241. The van der Waals surface area contributed by atoms with E-state index in [1.165, 1.54) is 38.8 Å². The molecular formula is C15H30N2. The van der Waals surface area contributed by atoms with Gasteiger partial charge in [0.15, 0.2) is 0 Å². The summed E-state index contributed by atoms with van der Waals surface area (Å²) in [4.78, 5) is 2.78. The van der Waals surface area contributed by atoms with Gasteiger partial charge in [0.25, 0.3) is 0 Å². The van der Waals surface area contributed by atoms with E-state index in [1.54, 1.807) is 0 Å².